The molecular weight excluding hydrogens is 507 g/mol. The first-order valence-corrected chi connectivity index (χ1v) is 12.6. The summed E-state index contributed by atoms with van der Waals surface area (Å²) in [6, 6.07) is -0.193. The van der Waals surface area contributed by atoms with Gasteiger partial charge in [-0.3, -0.25) is 9.78 Å². The van der Waals surface area contributed by atoms with Gasteiger partial charge in [0.2, 0.25) is 17.7 Å². The molecule has 0 bridgehead atoms. The number of nitrogens with zero attached hydrogens (tertiary/aromatic N) is 5. The van der Waals surface area contributed by atoms with Gasteiger partial charge in [0.05, 0.1) is 12.2 Å². The Morgan fingerprint density at radius 2 is 1.84 bits per heavy atom. The molecule has 15 heteroatoms. The summed E-state index contributed by atoms with van der Waals surface area (Å²) >= 11 is 0. The summed E-state index contributed by atoms with van der Waals surface area (Å²) < 4.78 is 41.2. The Labute approximate surface area is 212 Å². The van der Waals surface area contributed by atoms with Crippen LogP contribution in [0.15, 0.2) is 16.0 Å². The Morgan fingerprint density at radius 3 is 2.45 bits per heavy atom. The average Bonchev–Trinajstić information content (AvgIpc) is 3.77. The molecule has 6 rings (SSSR count). The minimum Gasteiger partial charge on any atom is -0.493 e. The van der Waals surface area contributed by atoms with Crippen LogP contribution < -0.4 is 27.2 Å². The lowest BCUT2D eigenvalue weighted by atomic mass is 9.90. The molecule has 0 radical (unpaired) electrons. The van der Waals surface area contributed by atoms with Crippen LogP contribution in [-0.2, 0) is 4.79 Å². The number of aromatic hydroxyl groups is 1. The zero-order valence-corrected chi connectivity index (χ0v) is 20.2. The Balaban J connectivity index is 1.20. The molecule has 3 aromatic rings. The van der Waals surface area contributed by atoms with E-state index >= 15 is 0 Å². The summed E-state index contributed by atoms with van der Waals surface area (Å²) in [6.45, 7) is 0. The van der Waals surface area contributed by atoms with E-state index in [1.807, 2.05) is 0 Å². The molecule has 38 heavy (non-hydrogen) atoms. The number of aromatic nitrogens is 6. The van der Waals surface area contributed by atoms with Crippen molar-refractivity contribution in [2.75, 3.05) is 5.32 Å². The number of alkyl halides is 3. The van der Waals surface area contributed by atoms with Gasteiger partial charge in [-0.25, -0.2) is 9.79 Å². The number of amides is 1. The van der Waals surface area contributed by atoms with E-state index in [2.05, 4.69) is 40.7 Å². The first kappa shape index (κ1) is 24.4. The average molecular weight is 534 g/mol. The summed E-state index contributed by atoms with van der Waals surface area (Å²) in [5.74, 6) is -0.905. The zero-order valence-electron chi connectivity index (χ0n) is 20.2. The van der Waals surface area contributed by atoms with Crippen LogP contribution in [0.2, 0.25) is 0 Å². The largest absolute Gasteiger partial charge is 0.493 e. The van der Waals surface area contributed by atoms with E-state index in [4.69, 9.17) is 0 Å². The van der Waals surface area contributed by atoms with Crippen LogP contribution in [0.3, 0.4) is 0 Å². The van der Waals surface area contributed by atoms with Crippen molar-refractivity contribution < 1.29 is 23.1 Å². The lowest BCUT2D eigenvalue weighted by Gasteiger charge is -2.31. The van der Waals surface area contributed by atoms with Gasteiger partial charge < -0.3 is 20.7 Å². The van der Waals surface area contributed by atoms with Crippen LogP contribution in [0.5, 0.6) is 5.88 Å². The monoisotopic (exact) mass is 533 g/mol. The maximum atomic E-state index is 13.2. The lowest BCUT2D eigenvalue weighted by Crippen LogP contribution is -2.47. The summed E-state index contributed by atoms with van der Waals surface area (Å²) in [5, 5.41) is 20.7. The van der Waals surface area contributed by atoms with Crippen LogP contribution in [-0.4, -0.2) is 64.9 Å². The summed E-state index contributed by atoms with van der Waals surface area (Å²) in [5.41, 5.74) is -1.79. The first-order valence-electron chi connectivity index (χ1n) is 12.6. The number of carbonyl (C=O) groups excluding carboxylic acids is 1. The van der Waals surface area contributed by atoms with Gasteiger partial charge in [0.25, 0.3) is 5.62 Å². The van der Waals surface area contributed by atoms with Gasteiger partial charge in [-0.05, 0) is 57.4 Å². The second-order valence-corrected chi connectivity index (χ2v) is 10.3. The molecule has 3 aromatic heterocycles. The van der Waals surface area contributed by atoms with Crippen molar-refractivity contribution in [3.8, 4) is 5.88 Å². The van der Waals surface area contributed by atoms with Crippen LogP contribution in [0, 0.1) is 5.41 Å². The molecule has 3 saturated carbocycles. The van der Waals surface area contributed by atoms with Crippen molar-refractivity contribution in [2.24, 2.45) is 10.4 Å². The molecule has 0 aromatic carbocycles. The number of hydrogen-bond acceptors (Lipinski definition) is 8. The number of halogens is 3. The van der Waals surface area contributed by atoms with E-state index in [1.54, 1.807) is 0 Å². The number of anilines is 1. The number of carbonyl (C=O) groups is 1. The van der Waals surface area contributed by atoms with E-state index < -0.39 is 23.2 Å². The van der Waals surface area contributed by atoms with E-state index in [0.717, 1.165) is 12.8 Å². The number of imidazole rings is 1. The summed E-state index contributed by atoms with van der Waals surface area (Å²) in [4.78, 5) is 42.3. The highest BCUT2D eigenvalue weighted by atomic mass is 19.4. The molecule has 0 unspecified atom stereocenters. The Kier molecular flexibility index (Phi) is 5.68. The molecule has 0 spiro atoms. The molecule has 3 fully saturated rings. The smallest absolute Gasteiger partial charge is 0.403 e. The van der Waals surface area contributed by atoms with Crippen molar-refractivity contribution in [1.82, 2.24) is 34.9 Å². The Morgan fingerprint density at radius 1 is 1.13 bits per heavy atom. The number of fused-ring (bicyclic) bond motifs is 1. The Bertz CT molecular complexity index is 1560. The number of hydrogen-bond donors (Lipinski definition) is 5. The number of aromatic amines is 2. The molecule has 0 atom stereocenters. The minimum atomic E-state index is -4.52. The maximum Gasteiger partial charge on any atom is 0.403 e. The highest BCUT2D eigenvalue weighted by molar-refractivity contribution is 5.86. The highest BCUT2D eigenvalue weighted by Crippen LogP contribution is 2.57. The Hall–Kier alpha value is -3.91. The van der Waals surface area contributed by atoms with Crippen LogP contribution in [0.25, 0.3) is 11.7 Å². The van der Waals surface area contributed by atoms with Gasteiger partial charge in [-0.2, -0.15) is 32.8 Å². The fourth-order valence-electron chi connectivity index (χ4n) is 4.80. The summed E-state index contributed by atoms with van der Waals surface area (Å²) in [7, 11) is 0. The van der Waals surface area contributed by atoms with Gasteiger partial charge in [-0.15, -0.1) is 0 Å². The number of nitrogens with one attached hydrogen (secondary N) is 4. The topological polar surface area (TPSA) is 165 Å². The molecule has 3 aliphatic rings. The SMILES string of the molecule is O=C(NC1CCC(Nc2nc(=NC3CC3)n3ncc(=Cc4[nH]c(=O)[nH]c4O)c3n2)CC1)C1(C(F)(F)F)CC1. The maximum absolute atomic E-state index is 13.2. The van der Waals surface area contributed by atoms with Crippen molar-refractivity contribution in [1.29, 1.82) is 0 Å². The number of rotatable bonds is 6. The molecule has 202 valence electrons. The van der Waals surface area contributed by atoms with Gasteiger partial charge in [0.1, 0.15) is 11.1 Å². The van der Waals surface area contributed by atoms with Crippen molar-refractivity contribution in [2.45, 2.75) is 75.7 Å². The van der Waals surface area contributed by atoms with Crippen molar-refractivity contribution in [3.05, 3.63) is 33.2 Å². The third-order valence-corrected chi connectivity index (χ3v) is 7.38. The molecular formula is C23H26F3N9O3. The summed E-state index contributed by atoms with van der Waals surface area (Å²) in [6.07, 6.45) is 2.46. The third kappa shape index (κ3) is 4.60. The predicted molar refractivity (Wildman–Crippen MR) is 127 cm³/mol. The number of H-pyrrole nitrogens is 2. The van der Waals surface area contributed by atoms with Gasteiger partial charge in [-0.1, -0.05) is 0 Å². The van der Waals surface area contributed by atoms with E-state index in [9.17, 15) is 27.9 Å². The lowest BCUT2D eigenvalue weighted by molar-refractivity contribution is -0.192. The quantitative estimate of drug-likeness (QED) is 0.310. The highest BCUT2D eigenvalue weighted by Gasteiger charge is 2.68. The molecule has 5 N–H and O–H groups in total. The fourth-order valence-corrected chi connectivity index (χ4v) is 4.80. The third-order valence-electron chi connectivity index (χ3n) is 7.38. The second-order valence-electron chi connectivity index (χ2n) is 10.3. The zero-order chi connectivity index (χ0) is 26.7. The molecule has 3 heterocycles. The van der Waals surface area contributed by atoms with E-state index in [0.29, 0.717) is 48.1 Å². The van der Waals surface area contributed by atoms with E-state index in [-0.39, 0.29) is 42.5 Å². The van der Waals surface area contributed by atoms with Crippen LogP contribution in [0.1, 0.15) is 57.1 Å². The van der Waals surface area contributed by atoms with Crippen LogP contribution in [0.4, 0.5) is 19.1 Å². The van der Waals surface area contributed by atoms with Crippen LogP contribution >= 0.6 is 0 Å². The van der Waals surface area contributed by atoms with Gasteiger partial charge >= 0.3 is 11.9 Å². The standard InChI is InChI=1S/C23H26F3N9O3/c24-23(25,26)22(7-8-22)18(37)28-12-1-3-13(4-2-12)29-19-32-16-11(9-15-17(36)33-21(38)31-15)10-27-35(16)20(34-19)30-14-5-6-14/h9-10,12-14,36H,1-8H2,(H,28,37)(H,29,30,34)(H2,31,33,38). The molecule has 3 aliphatic carbocycles. The van der Waals surface area contributed by atoms with Gasteiger partial charge in [0, 0.05) is 17.3 Å². The molecule has 0 aliphatic heterocycles. The molecule has 12 nitrogen and oxygen atoms in total. The van der Waals surface area contributed by atoms with Crippen molar-refractivity contribution in [3.63, 3.8) is 0 Å². The second kappa shape index (κ2) is 8.84. The van der Waals surface area contributed by atoms with Crippen molar-refractivity contribution >= 4 is 23.6 Å². The van der Waals surface area contributed by atoms with Gasteiger partial charge in [0.15, 0.2) is 5.65 Å². The molecule has 1 amide bonds. The predicted octanol–water partition coefficient (Wildman–Crippen LogP) is 0.639. The normalized spacial score (nSPS) is 24.1. The minimum absolute atomic E-state index is 0.0442. The fraction of sp³-hybridized carbons (Fsp3) is 0.565. The first-order chi connectivity index (χ1) is 18.1. The van der Waals surface area contributed by atoms with E-state index in [1.165, 1.54) is 16.8 Å². The molecule has 0 saturated heterocycles.